The molecule has 0 aliphatic carbocycles. The number of carbonyl (C=O) groups is 2. The number of esters is 2. The molecule has 0 bridgehead atoms. The number of hydrogen-bond donors (Lipinski definition) is 1. The highest BCUT2D eigenvalue weighted by Crippen LogP contribution is 2.12. The number of carbonyl (C=O) groups excluding carboxylic acids is 2. The van der Waals surface area contributed by atoms with Gasteiger partial charge in [0.05, 0.1) is 6.61 Å². The first-order valence-corrected chi connectivity index (χ1v) is 10.2. The summed E-state index contributed by atoms with van der Waals surface area (Å²) in [4.78, 5) is 26.3. The number of hydrogen-bond acceptors (Lipinski definition) is 5. The summed E-state index contributed by atoms with van der Waals surface area (Å²) in [5, 5.41) is 0. The number of unbranched alkanes of at least 4 members (excludes halogenated alkanes) is 2. The molecule has 0 fully saturated rings. The molecule has 5 nitrogen and oxygen atoms in total. The first-order chi connectivity index (χ1) is 13.1. The lowest BCUT2D eigenvalue weighted by Crippen LogP contribution is -2.33. The minimum absolute atomic E-state index is 0.199. The lowest BCUT2D eigenvalue weighted by molar-refractivity contribution is -0.147. The monoisotopic (exact) mass is 397 g/mol. The Morgan fingerprint density at radius 2 is 1.74 bits per heavy atom. The molecule has 1 atom stereocenters. The van der Waals surface area contributed by atoms with Gasteiger partial charge in [-0.1, -0.05) is 69.9 Å². The molecule has 0 spiro atoms. The average molecular weight is 398 g/mol. The Balaban J connectivity index is 2.14. The summed E-state index contributed by atoms with van der Waals surface area (Å²) in [5.74, 6) is -0.110. The third-order valence-corrected chi connectivity index (χ3v) is 4.91. The fourth-order valence-corrected chi connectivity index (χ4v) is 2.84. The zero-order valence-corrected chi connectivity index (χ0v) is 17.2. The van der Waals surface area contributed by atoms with Crippen LogP contribution in [0.15, 0.2) is 30.3 Å². The smallest absolute Gasteiger partial charge is 0.324 e. The minimum Gasteiger partial charge on any atom is -0.464 e. The fraction of sp³-hybridized carbons (Fsp3) is 0.619. The number of rotatable bonds is 14. The maximum absolute atomic E-state index is 12.1. The molecule has 1 aromatic carbocycles. The van der Waals surface area contributed by atoms with Crippen molar-refractivity contribution in [2.75, 3.05) is 6.61 Å². The standard InChI is InChI=1S/C21H32ClNO4/c1-3-17(4-2)15-27-21(25)19(23-22)13-9-6-10-14-20(24)26-16-18-11-7-5-8-12-18/h5,7-8,11-12,17,19,23H,3-4,6,9-10,13-16H2,1-2H3/t19-/m0/s1. The van der Waals surface area contributed by atoms with E-state index in [2.05, 4.69) is 18.7 Å². The Morgan fingerprint density at radius 1 is 1.04 bits per heavy atom. The molecule has 0 saturated carbocycles. The first kappa shape index (κ1) is 23.4. The van der Waals surface area contributed by atoms with Crippen molar-refractivity contribution in [3.63, 3.8) is 0 Å². The van der Waals surface area contributed by atoms with Gasteiger partial charge in [0.25, 0.3) is 0 Å². The van der Waals surface area contributed by atoms with E-state index in [-0.39, 0.29) is 11.9 Å². The second-order valence-electron chi connectivity index (χ2n) is 6.72. The molecule has 0 heterocycles. The van der Waals surface area contributed by atoms with E-state index in [1.807, 2.05) is 30.3 Å². The third kappa shape index (κ3) is 10.4. The summed E-state index contributed by atoms with van der Waals surface area (Å²) in [6.45, 7) is 4.92. The van der Waals surface area contributed by atoms with Gasteiger partial charge in [-0.2, -0.15) is 0 Å². The Morgan fingerprint density at radius 3 is 2.37 bits per heavy atom. The largest absolute Gasteiger partial charge is 0.464 e. The number of nitrogens with one attached hydrogen (secondary N) is 1. The SMILES string of the molecule is CCC(CC)COC(=O)[C@H](CCCCCC(=O)OCc1ccccc1)NCl. The number of halogens is 1. The molecular weight excluding hydrogens is 366 g/mol. The normalized spacial score (nSPS) is 12.0. The van der Waals surface area contributed by atoms with Crippen molar-refractivity contribution < 1.29 is 19.1 Å². The summed E-state index contributed by atoms with van der Waals surface area (Å²) in [7, 11) is 0. The maximum Gasteiger partial charge on any atom is 0.324 e. The van der Waals surface area contributed by atoms with E-state index in [0.29, 0.717) is 32.0 Å². The average Bonchev–Trinajstić information content (AvgIpc) is 2.70. The van der Waals surface area contributed by atoms with Gasteiger partial charge >= 0.3 is 11.9 Å². The van der Waals surface area contributed by atoms with Crippen LogP contribution in [-0.2, 0) is 25.7 Å². The summed E-state index contributed by atoms with van der Waals surface area (Å²) in [6.07, 6.45) is 5.29. The summed E-state index contributed by atoms with van der Waals surface area (Å²) < 4.78 is 10.6. The molecule has 0 unspecified atom stereocenters. The van der Waals surface area contributed by atoms with Crippen LogP contribution in [0, 0.1) is 5.92 Å². The van der Waals surface area contributed by atoms with Gasteiger partial charge in [-0.3, -0.25) is 9.59 Å². The van der Waals surface area contributed by atoms with Gasteiger partial charge in [0, 0.05) is 6.42 Å². The highest BCUT2D eigenvalue weighted by Gasteiger charge is 2.19. The molecule has 6 heteroatoms. The summed E-state index contributed by atoms with van der Waals surface area (Å²) in [6, 6.07) is 9.10. The molecule has 0 radical (unpaired) electrons. The Hall–Kier alpha value is -1.59. The minimum atomic E-state index is -0.508. The Kier molecular flexibility index (Phi) is 12.6. The zero-order chi connectivity index (χ0) is 19.9. The van der Waals surface area contributed by atoms with Crippen LogP contribution in [0.5, 0.6) is 0 Å². The van der Waals surface area contributed by atoms with Crippen molar-refractivity contribution >= 4 is 23.7 Å². The van der Waals surface area contributed by atoms with Crippen LogP contribution in [0.1, 0.15) is 64.4 Å². The molecule has 0 aromatic heterocycles. The van der Waals surface area contributed by atoms with Crippen LogP contribution in [0.2, 0.25) is 0 Å². The molecule has 1 rings (SSSR count). The predicted molar refractivity (Wildman–Crippen MR) is 107 cm³/mol. The van der Waals surface area contributed by atoms with Gasteiger partial charge in [0.15, 0.2) is 0 Å². The van der Waals surface area contributed by atoms with Gasteiger partial charge in [-0.15, -0.1) is 0 Å². The van der Waals surface area contributed by atoms with Crippen molar-refractivity contribution in [2.45, 2.75) is 71.4 Å². The van der Waals surface area contributed by atoms with E-state index in [4.69, 9.17) is 21.3 Å². The van der Waals surface area contributed by atoms with Crippen molar-refractivity contribution in [3.8, 4) is 0 Å². The van der Waals surface area contributed by atoms with E-state index in [1.54, 1.807) is 0 Å². The van der Waals surface area contributed by atoms with Crippen LogP contribution in [0.25, 0.3) is 0 Å². The fourth-order valence-electron chi connectivity index (χ4n) is 2.65. The van der Waals surface area contributed by atoms with E-state index >= 15 is 0 Å². The molecule has 0 amide bonds. The second kappa shape index (κ2) is 14.5. The van der Waals surface area contributed by atoms with Crippen molar-refractivity contribution in [3.05, 3.63) is 35.9 Å². The van der Waals surface area contributed by atoms with Crippen molar-refractivity contribution in [1.82, 2.24) is 4.84 Å². The second-order valence-corrected chi connectivity index (χ2v) is 6.94. The van der Waals surface area contributed by atoms with E-state index in [0.717, 1.165) is 37.7 Å². The molecule has 0 aliphatic heterocycles. The third-order valence-electron chi connectivity index (χ3n) is 4.65. The van der Waals surface area contributed by atoms with Crippen LogP contribution in [-0.4, -0.2) is 24.6 Å². The maximum atomic E-state index is 12.1. The van der Waals surface area contributed by atoms with E-state index in [9.17, 15) is 9.59 Å². The first-order valence-electron chi connectivity index (χ1n) is 9.83. The quantitative estimate of drug-likeness (QED) is 0.278. The molecule has 1 N–H and O–H groups in total. The van der Waals surface area contributed by atoms with Gasteiger partial charge in [-0.25, -0.2) is 4.84 Å². The van der Waals surface area contributed by atoms with Gasteiger partial charge in [0.1, 0.15) is 12.6 Å². The topological polar surface area (TPSA) is 64.6 Å². The molecule has 0 aliphatic rings. The Bertz CT molecular complexity index is 534. The Labute approximate surface area is 167 Å². The van der Waals surface area contributed by atoms with Crippen LogP contribution in [0.4, 0.5) is 0 Å². The molecular formula is C21H32ClNO4. The molecule has 152 valence electrons. The van der Waals surface area contributed by atoms with Gasteiger partial charge < -0.3 is 9.47 Å². The highest BCUT2D eigenvalue weighted by atomic mass is 35.5. The van der Waals surface area contributed by atoms with Gasteiger partial charge in [-0.05, 0) is 36.1 Å². The van der Waals surface area contributed by atoms with Crippen molar-refractivity contribution in [1.29, 1.82) is 0 Å². The van der Waals surface area contributed by atoms with Crippen molar-refractivity contribution in [2.24, 2.45) is 5.92 Å². The summed E-state index contributed by atoms with van der Waals surface area (Å²) in [5.41, 5.74) is 0.980. The van der Waals surface area contributed by atoms with E-state index < -0.39 is 6.04 Å². The molecule has 27 heavy (non-hydrogen) atoms. The van der Waals surface area contributed by atoms with Gasteiger partial charge in [0.2, 0.25) is 0 Å². The van der Waals surface area contributed by atoms with E-state index in [1.165, 1.54) is 0 Å². The lowest BCUT2D eigenvalue weighted by Gasteiger charge is -2.17. The predicted octanol–water partition coefficient (Wildman–Crippen LogP) is 4.77. The van der Waals surface area contributed by atoms with Crippen LogP contribution >= 0.6 is 11.8 Å². The summed E-state index contributed by atoms with van der Waals surface area (Å²) >= 11 is 5.68. The van der Waals surface area contributed by atoms with Crippen LogP contribution in [0.3, 0.4) is 0 Å². The lowest BCUT2D eigenvalue weighted by atomic mass is 10.1. The van der Waals surface area contributed by atoms with Crippen LogP contribution < -0.4 is 4.84 Å². The highest BCUT2D eigenvalue weighted by molar-refractivity contribution is 6.14. The molecule has 0 saturated heterocycles. The number of ether oxygens (including phenoxy) is 2. The molecule has 1 aromatic rings. The zero-order valence-electron chi connectivity index (χ0n) is 16.4. The number of benzene rings is 1.